The zero-order chi connectivity index (χ0) is 25.8. The van der Waals surface area contributed by atoms with Crippen LogP contribution in [0, 0.1) is 0 Å². The first-order valence-corrected chi connectivity index (χ1v) is 12.2. The molecule has 5 rings (SSSR count). The lowest BCUT2D eigenvalue weighted by Gasteiger charge is -2.19. The molecule has 2 heterocycles. The van der Waals surface area contributed by atoms with Crippen molar-refractivity contribution in [2.75, 3.05) is 19.0 Å². The van der Waals surface area contributed by atoms with E-state index < -0.39 is 6.04 Å². The summed E-state index contributed by atoms with van der Waals surface area (Å²) in [4.78, 5) is 41.4. The second kappa shape index (κ2) is 10.6. The smallest absolute Gasteiger partial charge is 0.254 e. The summed E-state index contributed by atoms with van der Waals surface area (Å²) in [5.74, 6) is -0.195. The van der Waals surface area contributed by atoms with E-state index in [1.54, 1.807) is 31.4 Å². The molecule has 4 N–H and O–H groups in total. The molecule has 2 atom stereocenters. The monoisotopic (exact) mass is 496 g/mol. The Balaban J connectivity index is 1.27. The van der Waals surface area contributed by atoms with Gasteiger partial charge in [-0.1, -0.05) is 42.5 Å². The van der Waals surface area contributed by atoms with Crippen molar-refractivity contribution in [3.05, 3.63) is 95.7 Å². The number of carbonyl (C=O) groups is 3. The van der Waals surface area contributed by atoms with E-state index in [0.29, 0.717) is 17.8 Å². The topological polar surface area (TPSA) is 112 Å². The van der Waals surface area contributed by atoms with Crippen LogP contribution in [0.15, 0.2) is 79.0 Å². The molecule has 8 nitrogen and oxygen atoms in total. The van der Waals surface area contributed by atoms with Crippen molar-refractivity contribution < 1.29 is 19.1 Å². The van der Waals surface area contributed by atoms with Gasteiger partial charge in [-0.3, -0.25) is 14.4 Å². The van der Waals surface area contributed by atoms with Crippen LogP contribution in [0.5, 0.6) is 5.75 Å². The zero-order valence-corrected chi connectivity index (χ0v) is 20.4. The second-order valence-electron chi connectivity index (χ2n) is 9.02. The summed E-state index contributed by atoms with van der Waals surface area (Å²) in [5.41, 5.74) is 4.02. The number of hydrogen-bond acceptors (Lipinski definition) is 4. The Kier molecular flexibility index (Phi) is 6.89. The molecule has 37 heavy (non-hydrogen) atoms. The van der Waals surface area contributed by atoms with Crippen molar-refractivity contribution >= 4 is 34.3 Å². The number of carbonyl (C=O) groups excluding carboxylic acids is 3. The van der Waals surface area contributed by atoms with Gasteiger partial charge in [-0.15, -0.1) is 0 Å². The van der Waals surface area contributed by atoms with Crippen molar-refractivity contribution in [3.63, 3.8) is 0 Å². The van der Waals surface area contributed by atoms with Gasteiger partial charge in [0.2, 0.25) is 11.8 Å². The van der Waals surface area contributed by atoms with Crippen molar-refractivity contribution in [3.8, 4) is 5.75 Å². The Bertz CT molecular complexity index is 1440. The maximum atomic E-state index is 12.9. The number of para-hydroxylation sites is 2. The van der Waals surface area contributed by atoms with Gasteiger partial charge in [0.25, 0.3) is 5.91 Å². The summed E-state index contributed by atoms with van der Waals surface area (Å²) in [5, 5.41) is 9.64. The molecule has 1 aliphatic rings. The van der Waals surface area contributed by atoms with Gasteiger partial charge in [0.1, 0.15) is 11.8 Å². The molecule has 0 spiro atoms. The first kappa shape index (κ1) is 24.1. The van der Waals surface area contributed by atoms with Gasteiger partial charge in [0, 0.05) is 36.0 Å². The van der Waals surface area contributed by atoms with E-state index in [1.807, 2.05) is 48.7 Å². The van der Waals surface area contributed by atoms with Crippen LogP contribution in [0.3, 0.4) is 0 Å². The fourth-order valence-electron chi connectivity index (χ4n) is 4.72. The number of ether oxygens (including phenoxy) is 1. The minimum atomic E-state index is -0.795. The van der Waals surface area contributed by atoms with Crippen molar-refractivity contribution in [2.24, 2.45) is 0 Å². The van der Waals surface area contributed by atoms with Crippen LogP contribution in [-0.4, -0.2) is 42.4 Å². The SMILES string of the molecule is COc1ccc([C@@H](CNC(=O)CC[C@@H]2NC(=O)c3ccccc3NC2=O)c2c[nH]c3ccccc23)cc1. The molecule has 0 aliphatic carbocycles. The first-order chi connectivity index (χ1) is 18.0. The van der Waals surface area contributed by atoms with Crippen LogP contribution in [0.2, 0.25) is 0 Å². The average Bonchev–Trinajstić information content (AvgIpc) is 3.30. The third kappa shape index (κ3) is 5.18. The van der Waals surface area contributed by atoms with Gasteiger partial charge in [0.15, 0.2) is 0 Å². The number of anilines is 1. The predicted octanol–water partition coefficient (Wildman–Crippen LogP) is 3.96. The number of aromatic amines is 1. The molecule has 3 aromatic carbocycles. The molecule has 0 fully saturated rings. The number of fused-ring (bicyclic) bond motifs is 2. The van der Waals surface area contributed by atoms with Crippen molar-refractivity contribution in [1.82, 2.24) is 15.6 Å². The molecule has 1 aromatic heterocycles. The maximum Gasteiger partial charge on any atom is 0.254 e. The Hall–Kier alpha value is -4.59. The van der Waals surface area contributed by atoms with Gasteiger partial charge < -0.3 is 25.7 Å². The molecule has 8 heteroatoms. The lowest BCUT2D eigenvalue weighted by Crippen LogP contribution is -2.42. The van der Waals surface area contributed by atoms with Gasteiger partial charge in [0.05, 0.1) is 18.4 Å². The number of amides is 3. The van der Waals surface area contributed by atoms with E-state index in [9.17, 15) is 14.4 Å². The van der Waals surface area contributed by atoms with Crippen LogP contribution in [0.1, 0.15) is 40.2 Å². The summed E-state index contributed by atoms with van der Waals surface area (Å²) < 4.78 is 5.30. The lowest BCUT2D eigenvalue weighted by atomic mass is 9.90. The number of aromatic nitrogens is 1. The quantitative estimate of drug-likeness (QED) is 0.296. The van der Waals surface area contributed by atoms with Crippen LogP contribution in [-0.2, 0) is 9.59 Å². The second-order valence-corrected chi connectivity index (χ2v) is 9.02. The Labute approximate surface area is 214 Å². The first-order valence-electron chi connectivity index (χ1n) is 12.2. The van der Waals surface area contributed by atoms with Crippen LogP contribution in [0.4, 0.5) is 5.69 Å². The molecular weight excluding hydrogens is 468 g/mol. The third-order valence-corrected chi connectivity index (χ3v) is 6.73. The molecular formula is C29H28N4O4. The zero-order valence-electron chi connectivity index (χ0n) is 20.4. The average molecular weight is 497 g/mol. The highest BCUT2D eigenvalue weighted by Crippen LogP contribution is 2.31. The van der Waals surface area contributed by atoms with Crippen LogP contribution >= 0.6 is 0 Å². The predicted molar refractivity (Wildman–Crippen MR) is 142 cm³/mol. The van der Waals surface area contributed by atoms with Crippen LogP contribution in [0.25, 0.3) is 10.9 Å². The molecule has 4 aromatic rings. The van der Waals surface area contributed by atoms with E-state index in [4.69, 9.17) is 4.74 Å². The normalized spacial score (nSPS) is 15.8. The molecule has 0 unspecified atom stereocenters. The Morgan fingerprint density at radius 1 is 1.00 bits per heavy atom. The fourth-order valence-corrected chi connectivity index (χ4v) is 4.72. The number of H-pyrrole nitrogens is 1. The highest BCUT2D eigenvalue weighted by Gasteiger charge is 2.28. The maximum absolute atomic E-state index is 12.9. The number of rotatable bonds is 8. The molecule has 1 aliphatic heterocycles. The molecule has 0 radical (unpaired) electrons. The summed E-state index contributed by atoms with van der Waals surface area (Å²) in [6.07, 6.45) is 2.27. The van der Waals surface area contributed by atoms with Crippen molar-refractivity contribution in [2.45, 2.75) is 24.8 Å². The number of methoxy groups -OCH3 is 1. The van der Waals surface area contributed by atoms with Gasteiger partial charge in [-0.2, -0.15) is 0 Å². The third-order valence-electron chi connectivity index (χ3n) is 6.73. The standard InChI is InChI=1S/C29H28N4O4/c1-37-19-12-10-18(11-13-19)22(23-17-30-24-8-4-2-6-20(23)24)16-31-27(34)15-14-26-29(36)32-25-9-5-3-7-21(25)28(35)33-26/h2-13,17,22,26,30H,14-16H2,1H3,(H,31,34)(H,32,36)(H,33,35)/t22-,26+/m1/s1. The largest absolute Gasteiger partial charge is 0.497 e. The molecule has 3 amide bonds. The molecule has 188 valence electrons. The number of hydrogen-bond donors (Lipinski definition) is 4. The van der Waals surface area contributed by atoms with E-state index in [1.165, 1.54) is 0 Å². The van der Waals surface area contributed by atoms with Crippen LogP contribution < -0.4 is 20.7 Å². The summed E-state index contributed by atoms with van der Waals surface area (Å²) in [6.45, 7) is 0.377. The Morgan fingerprint density at radius 2 is 1.76 bits per heavy atom. The highest BCUT2D eigenvalue weighted by atomic mass is 16.5. The minimum absolute atomic E-state index is 0.0952. The number of nitrogens with one attached hydrogen (secondary N) is 4. The molecule has 0 bridgehead atoms. The number of benzene rings is 3. The lowest BCUT2D eigenvalue weighted by molar-refractivity contribution is -0.121. The molecule has 0 saturated carbocycles. The van der Waals surface area contributed by atoms with E-state index in [2.05, 4.69) is 27.0 Å². The van der Waals surface area contributed by atoms with Gasteiger partial charge in [-0.25, -0.2) is 0 Å². The van der Waals surface area contributed by atoms with E-state index >= 15 is 0 Å². The summed E-state index contributed by atoms with van der Waals surface area (Å²) in [6, 6.07) is 21.9. The molecule has 0 saturated heterocycles. The summed E-state index contributed by atoms with van der Waals surface area (Å²) in [7, 11) is 1.63. The van der Waals surface area contributed by atoms with E-state index in [0.717, 1.165) is 27.8 Å². The summed E-state index contributed by atoms with van der Waals surface area (Å²) >= 11 is 0. The van der Waals surface area contributed by atoms with Gasteiger partial charge >= 0.3 is 0 Å². The minimum Gasteiger partial charge on any atom is -0.497 e. The van der Waals surface area contributed by atoms with Gasteiger partial charge in [-0.05, 0) is 47.9 Å². The van der Waals surface area contributed by atoms with E-state index in [-0.39, 0.29) is 36.5 Å². The Morgan fingerprint density at radius 3 is 2.57 bits per heavy atom. The fraction of sp³-hybridized carbons (Fsp3) is 0.207. The highest BCUT2D eigenvalue weighted by molar-refractivity contribution is 6.09. The van der Waals surface area contributed by atoms with Crippen molar-refractivity contribution in [1.29, 1.82) is 0 Å².